The molecule has 2 fully saturated rings. The lowest BCUT2D eigenvalue weighted by Crippen LogP contribution is -2.49. The third-order valence-electron chi connectivity index (χ3n) is 5.19. The van der Waals surface area contributed by atoms with Gasteiger partial charge in [-0.1, -0.05) is 17.7 Å². The number of carbonyl (C=O) groups is 1. The molecule has 1 saturated heterocycles. The topological polar surface area (TPSA) is 41.4 Å². The van der Waals surface area contributed by atoms with Gasteiger partial charge in [-0.15, -0.1) is 0 Å². The van der Waals surface area contributed by atoms with E-state index < -0.39 is 23.3 Å². The summed E-state index contributed by atoms with van der Waals surface area (Å²) in [5.41, 5.74) is -1.34. The molecule has 5 nitrogen and oxygen atoms in total. The third-order valence-corrected chi connectivity index (χ3v) is 5.43. The van der Waals surface area contributed by atoms with Crippen molar-refractivity contribution in [3.05, 3.63) is 46.7 Å². The van der Waals surface area contributed by atoms with E-state index in [1.807, 2.05) is 0 Å². The van der Waals surface area contributed by atoms with E-state index in [4.69, 9.17) is 11.6 Å². The molecule has 1 aromatic heterocycles. The molecule has 1 aliphatic heterocycles. The van der Waals surface area contributed by atoms with Crippen LogP contribution in [-0.2, 0) is 6.18 Å². The number of rotatable bonds is 4. The largest absolute Gasteiger partial charge is 0.434 e. The summed E-state index contributed by atoms with van der Waals surface area (Å²) in [6, 6.07) is 5.96. The minimum atomic E-state index is -4.72. The van der Waals surface area contributed by atoms with E-state index in [0.717, 1.165) is 23.3 Å². The molecule has 1 saturated carbocycles. The molecule has 0 N–H and O–H groups in total. The second-order valence-electron chi connectivity index (χ2n) is 7.33. The second-order valence-corrected chi connectivity index (χ2v) is 7.77. The minimum Gasteiger partial charge on any atom is -0.336 e. The molecule has 9 heteroatoms. The van der Waals surface area contributed by atoms with Crippen LogP contribution in [0.3, 0.4) is 0 Å². The van der Waals surface area contributed by atoms with E-state index in [-0.39, 0.29) is 5.69 Å². The van der Waals surface area contributed by atoms with Gasteiger partial charge in [0.2, 0.25) is 0 Å². The van der Waals surface area contributed by atoms with Crippen LogP contribution < -0.4 is 0 Å². The zero-order valence-corrected chi connectivity index (χ0v) is 15.9. The monoisotopic (exact) mass is 412 g/mol. The number of alkyl halides is 3. The maximum absolute atomic E-state index is 13.8. The van der Waals surface area contributed by atoms with Crippen molar-refractivity contribution in [1.29, 1.82) is 0 Å². The van der Waals surface area contributed by atoms with Crippen molar-refractivity contribution in [2.75, 3.05) is 32.7 Å². The molecule has 2 aromatic rings. The Bertz CT molecular complexity index is 870. The van der Waals surface area contributed by atoms with Crippen molar-refractivity contribution in [3.8, 4) is 5.69 Å². The van der Waals surface area contributed by atoms with E-state index in [1.165, 1.54) is 29.9 Å². The van der Waals surface area contributed by atoms with Crippen molar-refractivity contribution in [3.63, 3.8) is 0 Å². The smallest absolute Gasteiger partial charge is 0.336 e. The first kappa shape index (κ1) is 19.3. The molecular weight excluding hydrogens is 393 g/mol. The highest BCUT2D eigenvalue weighted by Crippen LogP contribution is 2.35. The Balaban J connectivity index is 1.58. The molecule has 1 amide bonds. The van der Waals surface area contributed by atoms with Crippen molar-refractivity contribution < 1.29 is 18.0 Å². The van der Waals surface area contributed by atoms with Crippen molar-refractivity contribution in [2.24, 2.45) is 5.92 Å². The summed E-state index contributed by atoms with van der Waals surface area (Å²) in [7, 11) is 0. The Hall–Kier alpha value is -2.06. The summed E-state index contributed by atoms with van der Waals surface area (Å²) in [5.74, 6) is 0.113. The van der Waals surface area contributed by atoms with Gasteiger partial charge in [-0.25, -0.2) is 4.68 Å². The summed E-state index contributed by atoms with van der Waals surface area (Å²) < 4.78 is 42.1. The van der Waals surface area contributed by atoms with Crippen LogP contribution in [0, 0.1) is 5.92 Å². The number of nitrogens with zero attached hydrogens (tertiary/aromatic N) is 4. The van der Waals surface area contributed by atoms with Gasteiger partial charge in [0.05, 0.1) is 17.4 Å². The van der Waals surface area contributed by atoms with Gasteiger partial charge in [0.25, 0.3) is 5.91 Å². The number of hydrogen-bond acceptors (Lipinski definition) is 3. The number of benzene rings is 1. The van der Waals surface area contributed by atoms with E-state index >= 15 is 0 Å². The van der Waals surface area contributed by atoms with E-state index in [1.54, 1.807) is 12.1 Å². The van der Waals surface area contributed by atoms with Crippen molar-refractivity contribution >= 4 is 17.5 Å². The lowest BCUT2D eigenvalue weighted by atomic mass is 10.1. The molecule has 0 unspecified atom stereocenters. The van der Waals surface area contributed by atoms with Gasteiger partial charge in [-0.3, -0.25) is 9.69 Å². The molecule has 0 radical (unpaired) electrons. The summed E-state index contributed by atoms with van der Waals surface area (Å²) in [4.78, 5) is 16.6. The van der Waals surface area contributed by atoms with Gasteiger partial charge in [-0.2, -0.15) is 18.3 Å². The summed E-state index contributed by atoms with van der Waals surface area (Å²) in [6.07, 6.45) is -1.23. The normalized spacial score (nSPS) is 18.5. The molecule has 0 atom stereocenters. The van der Waals surface area contributed by atoms with Crippen molar-refractivity contribution in [2.45, 2.75) is 19.0 Å². The van der Waals surface area contributed by atoms with Gasteiger partial charge in [-0.05, 0) is 37.0 Å². The molecule has 1 aromatic carbocycles. The standard InChI is InChI=1S/C19H20ClF3N4O/c20-14-2-1-3-15(10-14)27-17(19(21,22)23)16(11-24-27)18(28)26-8-6-25(7-9-26)12-13-4-5-13/h1-3,10-11,13H,4-9,12H2. The van der Waals surface area contributed by atoms with E-state index in [9.17, 15) is 18.0 Å². The summed E-state index contributed by atoms with van der Waals surface area (Å²) in [6.45, 7) is 3.23. The van der Waals surface area contributed by atoms with Crippen LogP contribution in [0.25, 0.3) is 5.69 Å². The highest BCUT2D eigenvalue weighted by atomic mass is 35.5. The van der Waals surface area contributed by atoms with Gasteiger partial charge in [0.1, 0.15) is 0 Å². The second kappa shape index (κ2) is 7.40. The van der Waals surface area contributed by atoms with Gasteiger partial charge in [0, 0.05) is 37.7 Å². The molecule has 1 aliphatic carbocycles. The lowest BCUT2D eigenvalue weighted by molar-refractivity contribution is -0.143. The highest BCUT2D eigenvalue weighted by Gasteiger charge is 2.42. The number of amides is 1. The van der Waals surface area contributed by atoms with Gasteiger partial charge < -0.3 is 4.90 Å². The Labute approximate surface area is 165 Å². The first-order valence-electron chi connectivity index (χ1n) is 9.25. The zero-order valence-electron chi connectivity index (χ0n) is 15.1. The number of piperazine rings is 1. The molecular formula is C19H20ClF3N4O. The molecule has 150 valence electrons. The molecule has 0 bridgehead atoms. The van der Waals surface area contributed by atoms with Crippen LogP contribution in [0.1, 0.15) is 28.9 Å². The molecule has 4 rings (SSSR count). The highest BCUT2D eigenvalue weighted by molar-refractivity contribution is 6.30. The number of halogens is 4. The molecule has 2 heterocycles. The SMILES string of the molecule is O=C(c1cnn(-c2cccc(Cl)c2)c1C(F)(F)F)N1CCN(CC2CC2)CC1. The predicted molar refractivity (Wildman–Crippen MR) is 98.6 cm³/mol. The Morgan fingerprint density at radius 1 is 1.18 bits per heavy atom. The lowest BCUT2D eigenvalue weighted by Gasteiger charge is -2.34. The maximum Gasteiger partial charge on any atom is 0.434 e. The van der Waals surface area contributed by atoms with E-state index in [0.29, 0.717) is 31.2 Å². The van der Waals surface area contributed by atoms with Gasteiger partial charge in [0.15, 0.2) is 5.69 Å². The summed E-state index contributed by atoms with van der Waals surface area (Å²) in [5, 5.41) is 4.14. The molecule has 28 heavy (non-hydrogen) atoms. The molecule has 2 aliphatic rings. The Morgan fingerprint density at radius 2 is 1.89 bits per heavy atom. The quantitative estimate of drug-likeness (QED) is 0.768. The van der Waals surface area contributed by atoms with Crippen LogP contribution in [0.4, 0.5) is 13.2 Å². The Kier molecular flexibility index (Phi) is 5.09. The Morgan fingerprint density at radius 3 is 2.50 bits per heavy atom. The van der Waals surface area contributed by atoms with Gasteiger partial charge >= 0.3 is 6.18 Å². The fourth-order valence-corrected chi connectivity index (χ4v) is 3.74. The number of hydrogen-bond donors (Lipinski definition) is 0. The van der Waals surface area contributed by atoms with Crippen LogP contribution in [-0.4, -0.2) is 58.2 Å². The average Bonchev–Trinajstić information content (AvgIpc) is 3.34. The van der Waals surface area contributed by atoms with E-state index in [2.05, 4.69) is 10.00 Å². The van der Waals surface area contributed by atoms with Crippen LogP contribution >= 0.6 is 11.6 Å². The number of carbonyl (C=O) groups excluding carboxylic acids is 1. The van der Waals surface area contributed by atoms with Crippen LogP contribution in [0.15, 0.2) is 30.5 Å². The number of aromatic nitrogens is 2. The summed E-state index contributed by atoms with van der Waals surface area (Å²) >= 11 is 5.90. The first-order chi connectivity index (χ1) is 13.3. The fraction of sp³-hybridized carbons (Fsp3) is 0.474. The predicted octanol–water partition coefficient (Wildman–Crippen LogP) is 3.71. The first-order valence-corrected chi connectivity index (χ1v) is 9.63. The average molecular weight is 413 g/mol. The maximum atomic E-state index is 13.8. The van der Waals surface area contributed by atoms with Crippen LogP contribution in [0.2, 0.25) is 5.02 Å². The fourth-order valence-electron chi connectivity index (χ4n) is 3.55. The van der Waals surface area contributed by atoms with Crippen molar-refractivity contribution in [1.82, 2.24) is 19.6 Å². The minimum absolute atomic E-state index is 0.160. The molecule has 0 spiro atoms. The third kappa shape index (κ3) is 4.03. The zero-order chi connectivity index (χ0) is 19.9. The van der Waals surface area contributed by atoms with Crippen LogP contribution in [0.5, 0.6) is 0 Å².